The van der Waals surface area contributed by atoms with Crippen molar-refractivity contribution in [1.29, 1.82) is 0 Å². The van der Waals surface area contributed by atoms with Crippen LogP contribution >= 0.6 is 0 Å². The van der Waals surface area contributed by atoms with Crippen molar-refractivity contribution in [1.82, 2.24) is 15.1 Å². The maximum atomic E-state index is 12.3. The van der Waals surface area contributed by atoms with Gasteiger partial charge in [-0.05, 0) is 32.5 Å². The van der Waals surface area contributed by atoms with E-state index in [9.17, 15) is 4.79 Å². The first-order chi connectivity index (χ1) is 11.1. The standard InChI is InChI=1S/C19H29N3O/c1-21(2)12-17-13-22(11-15-7-4-3-5-8-15)14-18(17)20-19(23)16-9-6-10-16/h3-5,7-8,16-18H,6,9-14H2,1-2H3,(H,20,23)/t17-,18-/m1/s1. The summed E-state index contributed by atoms with van der Waals surface area (Å²) in [4.78, 5) is 17.1. The van der Waals surface area contributed by atoms with Crippen molar-refractivity contribution >= 4 is 5.91 Å². The highest BCUT2D eigenvalue weighted by molar-refractivity contribution is 5.79. The molecule has 2 fully saturated rings. The van der Waals surface area contributed by atoms with Crippen LogP contribution in [0.5, 0.6) is 0 Å². The van der Waals surface area contributed by atoms with Gasteiger partial charge in [0.15, 0.2) is 0 Å². The third-order valence-electron chi connectivity index (χ3n) is 5.17. The Morgan fingerprint density at radius 3 is 2.57 bits per heavy atom. The summed E-state index contributed by atoms with van der Waals surface area (Å²) in [5.41, 5.74) is 1.35. The smallest absolute Gasteiger partial charge is 0.223 e. The quantitative estimate of drug-likeness (QED) is 0.872. The molecule has 0 bridgehead atoms. The Hall–Kier alpha value is -1.39. The second-order valence-electron chi connectivity index (χ2n) is 7.44. The lowest BCUT2D eigenvalue weighted by atomic mass is 9.84. The number of carbonyl (C=O) groups excluding carboxylic acids is 1. The zero-order valence-corrected chi connectivity index (χ0v) is 14.4. The molecule has 2 aliphatic rings. The second kappa shape index (κ2) is 7.45. The third kappa shape index (κ3) is 4.33. The van der Waals surface area contributed by atoms with Crippen LogP contribution in [0.1, 0.15) is 24.8 Å². The first-order valence-electron chi connectivity index (χ1n) is 8.83. The molecule has 0 radical (unpaired) electrons. The van der Waals surface area contributed by atoms with E-state index in [0.29, 0.717) is 5.92 Å². The number of nitrogens with zero attached hydrogens (tertiary/aromatic N) is 2. The highest BCUT2D eigenvalue weighted by Gasteiger charge is 2.36. The van der Waals surface area contributed by atoms with E-state index < -0.39 is 0 Å². The Morgan fingerprint density at radius 1 is 1.22 bits per heavy atom. The molecule has 1 aromatic rings. The van der Waals surface area contributed by atoms with E-state index in [2.05, 4.69) is 59.5 Å². The fourth-order valence-electron chi connectivity index (χ4n) is 3.72. The van der Waals surface area contributed by atoms with Crippen LogP contribution in [0.15, 0.2) is 30.3 Å². The van der Waals surface area contributed by atoms with Crippen molar-refractivity contribution < 1.29 is 4.79 Å². The molecule has 1 aromatic carbocycles. The van der Waals surface area contributed by atoms with Crippen LogP contribution in [0.3, 0.4) is 0 Å². The molecule has 1 amide bonds. The number of hydrogen-bond donors (Lipinski definition) is 1. The Balaban J connectivity index is 1.60. The number of amides is 1. The molecule has 3 rings (SSSR count). The molecule has 23 heavy (non-hydrogen) atoms. The molecule has 4 heteroatoms. The number of hydrogen-bond acceptors (Lipinski definition) is 3. The average Bonchev–Trinajstić information content (AvgIpc) is 2.78. The van der Waals surface area contributed by atoms with Gasteiger partial charge in [0.1, 0.15) is 0 Å². The Kier molecular flexibility index (Phi) is 5.34. The number of nitrogens with one attached hydrogen (secondary N) is 1. The zero-order valence-electron chi connectivity index (χ0n) is 14.4. The van der Waals surface area contributed by atoms with Crippen molar-refractivity contribution in [2.45, 2.75) is 31.8 Å². The lowest BCUT2D eigenvalue weighted by Crippen LogP contribution is -2.46. The van der Waals surface area contributed by atoms with Gasteiger partial charge in [0.25, 0.3) is 0 Å². The zero-order chi connectivity index (χ0) is 16.2. The van der Waals surface area contributed by atoms with Crippen LogP contribution in [0.25, 0.3) is 0 Å². The topological polar surface area (TPSA) is 35.6 Å². The van der Waals surface area contributed by atoms with E-state index in [0.717, 1.165) is 39.0 Å². The van der Waals surface area contributed by atoms with Gasteiger partial charge in [-0.1, -0.05) is 36.8 Å². The van der Waals surface area contributed by atoms with E-state index in [4.69, 9.17) is 0 Å². The van der Waals surface area contributed by atoms with Crippen LogP contribution < -0.4 is 5.32 Å². The minimum atomic E-state index is 0.276. The van der Waals surface area contributed by atoms with Crippen molar-refractivity contribution in [2.24, 2.45) is 11.8 Å². The average molecular weight is 315 g/mol. The largest absolute Gasteiger partial charge is 0.351 e. The van der Waals surface area contributed by atoms with Gasteiger partial charge >= 0.3 is 0 Å². The monoisotopic (exact) mass is 315 g/mol. The van der Waals surface area contributed by atoms with Crippen LogP contribution in [-0.4, -0.2) is 55.5 Å². The predicted octanol–water partition coefficient (Wildman–Crippen LogP) is 1.96. The molecule has 1 N–H and O–H groups in total. The SMILES string of the molecule is CN(C)C[C@@H]1CN(Cc2ccccc2)C[C@H]1NC(=O)C1CCC1. The van der Waals surface area contributed by atoms with E-state index in [1.54, 1.807) is 0 Å². The van der Waals surface area contributed by atoms with Crippen molar-refractivity contribution in [3.8, 4) is 0 Å². The van der Waals surface area contributed by atoms with Gasteiger partial charge in [-0.25, -0.2) is 0 Å². The minimum Gasteiger partial charge on any atom is -0.351 e. The van der Waals surface area contributed by atoms with Crippen LogP contribution in [-0.2, 0) is 11.3 Å². The van der Waals surface area contributed by atoms with Gasteiger partial charge in [-0.3, -0.25) is 9.69 Å². The molecule has 1 heterocycles. The van der Waals surface area contributed by atoms with Crippen molar-refractivity contribution in [2.75, 3.05) is 33.7 Å². The van der Waals surface area contributed by atoms with E-state index in [1.165, 1.54) is 12.0 Å². The van der Waals surface area contributed by atoms with E-state index in [-0.39, 0.29) is 17.9 Å². The molecule has 1 aliphatic heterocycles. The molecular weight excluding hydrogens is 286 g/mol. The van der Waals surface area contributed by atoms with Gasteiger partial charge in [0, 0.05) is 44.1 Å². The molecule has 0 spiro atoms. The molecule has 126 valence electrons. The molecule has 0 unspecified atom stereocenters. The van der Waals surface area contributed by atoms with E-state index in [1.807, 2.05) is 0 Å². The summed E-state index contributed by atoms with van der Waals surface area (Å²) in [5.74, 6) is 1.07. The van der Waals surface area contributed by atoms with Crippen molar-refractivity contribution in [3.05, 3.63) is 35.9 Å². The summed E-state index contributed by atoms with van der Waals surface area (Å²) in [6.45, 7) is 4.02. The summed E-state index contributed by atoms with van der Waals surface area (Å²) in [6.07, 6.45) is 3.36. The summed E-state index contributed by atoms with van der Waals surface area (Å²) >= 11 is 0. The van der Waals surface area contributed by atoms with Gasteiger partial charge in [0.05, 0.1) is 0 Å². The summed E-state index contributed by atoms with van der Waals surface area (Å²) in [7, 11) is 4.23. The van der Waals surface area contributed by atoms with Gasteiger partial charge < -0.3 is 10.2 Å². The normalized spacial score (nSPS) is 25.5. The molecular formula is C19H29N3O. The first kappa shape index (κ1) is 16.5. The Bertz CT molecular complexity index is 513. The maximum Gasteiger partial charge on any atom is 0.223 e. The molecule has 2 atom stereocenters. The van der Waals surface area contributed by atoms with Crippen LogP contribution in [0, 0.1) is 11.8 Å². The molecule has 4 nitrogen and oxygen atoms in total. The van der Waals surface area contributed by atoms with Gasteiger partial charge in [-0.15, -0.1) is 0 Å². The molecule has 1 aliphatic carbocycles. The molecule has 1 saturated carbocycles. The lowest BCUT2D eigenvalue weighted by molar-refractivity contribution is -0.128. The second-order valence-corrected chi connectivity index (χ2v) is 7.44. The number of benzene rings is 1. The Labute approximate surface area is 139 Å². The van der Waals surface area contributed by atoms with Gasteiger partial charge in [0.2, 0.25) is 5.91 Å². The highest BCUT2D eigenvalue weighted by atomic mass is 16.2. The lowest BCUT2D eigenvalue weighted by Gasteiger charge is -2.28. The van der Waals surface area contributed by atoms with Crippen LogP contribution in [0.4, 0.5) is 0 Å². The maximum absolute atomic E-state index is 12.3. The third-order valence-corrected chi connectivity index (χ3v) is 5.17. The predicted molar refractivity (Wildman–Crippen MR) is 93.0 cm³/mol. The fraction of sp³-hybridized carbons (Fsp3) is 0.632. The number of likely N-dealkylation sites (tertiary alicyclic amines) is 1. The highest BCUT2D eigenvalue weighted by Crippen LogP contribution is 2.27. The summed E-state index contributed by atoms with van der Waals surface area (Å²) in [5, 5.41) is 3.34. The molecule has 0 aromatic heterocycles. The Morgan fingerprint density at radius 2 is 1.96 bits per heavy atom. The first-order valence-corrected chi connectivity index (χ1v) is 8.83. The fourth-order valence-corrected chi connectivity index (χ4v) is 3.72. The molecule has 1 saturated heterocycles. The van der Waals surface area contributed by atoms with Crippen molar-refractivity contribution in [3.63, 3.8) is 0 Å². The minimum absolute atomic E-state index is 0.276. The van der Waals surface area contributed by atoms with Gasteiger partial charge in [-0.2, -0.15) is 0 Å². The van der Waals surface area contributed by atoms with Crippen LogP contribution in [0.2, 0.25) is 0 Å². The summed E-state index contributed by atoms with van der Waals surface area (Å²) < 4.78 is 0. The summed E-state index contributed by atoms with van der Waals surface area (Å²) in [6, 6.07) is 10.9. The van der Waals surface area contributed by atoms with E-state index >= 15 is 0 Å². The number of rotatable bonds is 6. The number of carbonyl (C=O) groups is 1.